The van der Waals surface area contributed by atoms with Crippen molar-refractivity contribution in [3.8, 4) is 0 Å². The van der Waals surface area contributed by atoms with Gasteiger partial charge >= 0.3 is 0 Å². The number of carbonyl (C=O) groups is 1. The van der Waals surface area contributed by atoms with Crippen LogP contribution < -0.4 is 0 Å². The van der Waals surface area contributed by atoms with Crippen LogP contribution in [0.15, 0.2) is 0 Å². The Kier molecular flexibility index (Phi) is 5.01. The fraction of sp³-hybridized carbons (Fsp3) is 0.667. The highest BCUT2D eigenvalue weighted by Gasteiger charge is 1.98. The van der Waals surface area contributed by atoms with E-state index in [-0.39, 0.29) is 18.8 Å². The Balaban J connectivity index is 3.16. The summed E-state index contributed by atoms with van der Waals surface area (Å²) in [5.41, 5.74) is 0. The van der Waals surface area contributed by atoms with E-state index in [2.05, 4.69) is 0 Å². The molecule has 3 heteroatoms. The van der Waals surface area contributed by atoms with Crippen molar-refractivity contribution in [3.05, 3.63) is 0 Å². The molecule has 0 aliphatic carbocycles. The maximum absolute atomic E-state index is 10.4. The van der Waals surface area contributed by atoms with Crippen LogP contribution in [0.5, 0.6) is 0 Å². The van der Waals surface area contributed by atoms with E-state index in [9.17, 15) is 9.59 Å². The van der Waals surface area contributed by atoms with E-state index in [0.29, 0.717) is 6.61 Å². The van der Waals surface area contributed by atoms with Crippen molar-refractivity contribution in [1.82, 2.24) is 0 Å². The SMILES string of the molecule is CCOCC(=O)C[C]=O. The molecule has 0 saturated carbocycles. The Bertz CT molecular complexity index is 98.5. The molecule has 0 amide bonds. The minimum Gasteiger partial charge on any atom is -0.374 e. The normalized spacial score (nSPS) is 9.00. The van der Waals surface area contributed by atoms with E-state index in [0.717, 1.165) is 0 Å². The van der Waals surface area contributed by atoms with Crippen LogP contribution in [-0.4, -0.2) is 25.3 Å². The van der Waals surface area contributed by atoms with Gasteiger partial charge in [0.15, 0.2) is 5.78 Å². The summed E-state index contributed by atoms with van der Waals surface area (Å²) in [6.45, 7) is 2.33. The van der Waals surface area contributed by atoms with Gasteiger partial charge in [-0.1, -0.05) is 0 Å². The highest BCUT2D eigenvalue weighted by Crippen LogP contribution is 1.80. The molecule has 0 N–H and O–H groups in total. The van der Waals surface area contributed by atoms with Gasteiger partial charge in [-0.25, -0.2) is 0 Å². The largest absolute Gasteiger partial charge is 0.374 e. The van der Waals surface area contributed by atoms with Crippen molar-refractivity contribution in [2.75, 3.05) is 13.2 Å². The molecule has 3 nitrogen and oxygen atoms in total. The third-order valence-corrected chi connectivity index (χ3v) is 0.737. The molecule has 0 aliphatic rings. The quantitative estimate of drug-likeness (QED) is 0.494. The van der Waals surface area contributed by atoms with Crippen LogP contribution in [0.4, 0.5) is 0 Å². The second-order valence-corrected chi connectivity index (χ2v) is 1.50. The van der Waals surface area contributed by atoms with Crippen molar-refractivity contribution in [2.24, 2.45) is 0 Å². The van der Waals surface area contributed by atoms with Gasteiger partial charge in [-0.2, -0.15) is 0 Å². The Hall–Kier alpha value is -0.700. The number of ether oxygens (including phenoxy) is 1. The molecule has 0 fully saturated rings. The summed E-state index contributed by atoms with van der Waals surface area (Å²) in [5, 5.41) is 0. The van der Waals surface area contributed by atoms with Gasteiger partial charge in [-0.05, 0) is 6.92 Å². The van der Waals surface area contributed by atoms with Crippen molar-refractivity contribution in [2.45, 2.75) is 13.3 Å². The monoisotopic (exact) mass is 129 g/mol. The van der Waals surface area contributed by atoms with Gasteiger partial charge in [0.1, 0.15) is 6.61 Å². The van der Waals surface area contributed by atoms with E-state index in [4.69, 9.17) is 4.74 Å². The number of carbonyl (C=O) groups excluding carboxylic acids is 2. The number of ketones is 1. The van der Waals surface area contributed by atoms with E-state index < -0.39 is 0 Å². The highest BCUT2D eigenvalue weighted by molar-refractivity contribution is 5.90. The lowest BCUT2D eigenvalue weighted by Crippen LogP contribution is -2.08. The lowest BCUT2D eigenvalue weighted by molar-refractivity contribution is -0.122. The van der Waals surface area contributed by atoms with E-state index in [1.54, 1.807) is 6.92 Å². The Morgan fingerprint density at radius 3 is 2.78 bits per heavy atom. The van der Waals surface area contributed by atoms with Crippen molar-refractivity contribution in [3.63, 3.8) is 0 Å². The molecule has 1 radical (unpaired) electrons. The van der Waals surface area contributed by atoms with Crippen LogP contribution >= 0.6 is 0 Å². The molecule has 0 spiro atoms. The summed E-state index contributed by atoms with van der Waals surface area (Å²) >= 11 is 0. The van der Waals surface area contributed by atoms with Gasteiger partial charge < -0.3 is 4.74 Å². The molecule has 0 bridgehead atoms. The zero-order chi connectivity index (χ0) is 7.11. The van der Waals surface area contributed by atoms with Crippen molar-refractivity contribution in [1.29, 1.82) is 0 Å². The van der Waals surface area contributed by atoms with Gasteiger partial charge in [0.25, 0.3) is 0 Å². The molecule has 0 aromatic heterocycles. The van der Waals surface area contributed by atoms with Gasteiger partial charge in [0.2, 0.25) is 6.29 Å². The standard InChI is InChI=1S/C6H9O3/c1-2-9-5-6(8)3-4-7/h2-3,5H2,1H3. The smallest absolute Gasteiger partial charge is 0.206 e. The summed E-state index contributed by atoms with van der Waals surface area (Å²) in [5.74, 6) is -0.216. The number of hydrogen-bond acceptors (Lipinski definition) is 3. The molecule has 0 unspecified atom stereocenters. The average Bonchev–Trinajstić information content (AvgIpc) is 1.85. The number of hydrogen-bond donors (Lipinski definition) is 0. The van der Waals surface area contributed by atoms with Crippen LogP contribution in [0.25, 0.3) is 0 Å². The first-order valence-electron chi connectivity index (χ1n) is 2.75. The molecule has 0 rings (SSSR count). The summed E-state index contributed by atoms with van der Waals surface area (Å²) in [6.07, 6.45) is 1.34. The van der Waals surface area contributed by atoms with Gasteiger partial charge in [0, 0.05) is 6.61 Å². The maximum Gasteiger partial charge on any atom is 0.206 e. The van der Waals surface area contributed by atoms with E-state index in [1.165, 1.54) is 6.29 Å². The fourth-order valence-corrected chi connectivity index (χ4v) is 0.347. The second kappa shape index (κ2) is 5.44. The van der Waals surface area contributed by atoms with Crippen molar-refractivity contribution >= 4 is 12.1 Å². The Labute approximate surface area is 54.0 Å². The van der Waals surface area contributed by atoms with Crippen molar-refractivity contribution < 1.29 is 14.3 Å². The van der Waals surface area contributed by atoms with Crippen LogP contribution in [0.3, 0.4) is 0 Å². The number of rotatable bonds is 5. The first-order chi connectivity index (χ1) is 4.31. The average molecular weight is 129 g/mol. The lowest BCUT2D eigenvalue weighted by Gasteiger charge is -1.94. The zero-order valence-electron chi connectivity index (χ0n) is 5.35. The molecular weight excluding hydrogens is 120 g/mol. The van der Waals surface area contributed by atoms with Gasteiger partial charge in [0.05, 0.1) is 6.42 Å². The number of Topliss-reactive ketones (excluding diaryl/α,β-unsaturated/α-hetero) is 1. The first-order valence-corrected chi connectivity index (χ1v) is 2.75. The van der Waals surface area contributed by atoms with Crippen LogP contribution in [0, 0.1) is 0 Å². The summed E-state index contributed by atoms with van der Waals surface area (Å²) in [6, 6.07) is 0. The Morgan fingerprint density at radius 2 is 2.33 bits per heavy atom. The molecule has 0 heterocycles. The molecule has 51 valence electrons. The van der Waals surface area contributed by atoms with E-state index >= 15 is 0 Å². The molecule has 0 saturated heterocycles. The molecular formula is C6H9O3. The third kappa shape index (κ3) is 5.17. The van der Waals surface area contributed by atoms with Gasteiger partial charge in [-0.15, -0.1) is 0 Å². The minimum atomic E-state index is -0.216. The summed E-state index contributed by atoms with van der Waals surface area (Å²) in [7, 11) is 0. The molecule has 0 aromatic carbocycles. The molecule has 9 heavy (non-hydrogen) atoms. The molecule has 0 aliphatic heterocycles. The Morgan fingerprint density at radius 1 is 1.67 bits per heavy atom. The summed E-state index contributed by atoms with van der Waals surface area (Å²) < 4.78 is 4.72. The van der Waals surface area contributed by atoms with E-state index in [1.807, 2.05) is 0 Å². The highest BCUT2D eigenvalue weighted by atomic mass is 16.5. The minimum absolute atomic E-state index is 0.0335. The first kappa shape index (κ1) is 8.30. The molecule has 0 atom stereocenters. The van der Waals surface area contributed by atoms with Gasteiger partial charge in [-0.3, -0.25) is 9.59 Å². The third-order valence-electron chi connectivity index (χ3n) is 0.737. The maximum atomic E-state index is 10.4. The van der Waals surface area contributed by atoms with Crippen LogP contribution in [-0.2, 0) is 14.3 Å². The topological polar surface area (TPSA) is 43.4 Å². The van der Waals surface area contributed by atoms with Crippen LogP contribution in [0.1, 0.15) is 13.3 Å². The second-order valence-electron chi connectivity index (χ2n) is 1.50. The van der Waals surface area contributed by atoms with Crippen LogP contribution in [0.2, 0.25) is 0 Å². The zero-order valence-corrected chi connectivity index (χ0v) is 5.35. The molecule has 0 aromatic rings. The lowest BCUT2D eigenvalue weighted by atomic mass is 10.3. The predicted octanol–water partition coefficient (Wildman–Crippen LogP) is 0.0918. The summed E-state index contributed by atoms with van der Waals surface area (Å²) in [4.78, 5) is 20.0. The predicted molar refractivity (Wildman–Crippen MR) is 31.8 cm³/mol. The fourth-order valence-electron chi connectivity index (χ4n) is 0.347.